The first-order valence-electron chi connectivity index (χ1n) is 7.10. The van der Waals surface area contributed by atoms with Crippen molar-refractivity contribution in [2.24, 2.45) is 0 Å². The monoisotopic (exact) mass is 355 g/mol. The summed E-state index contributed by atoms with van der Waals surface area (Å²) in [7, 11) is 0. The smallest absolute Gasteiger partial charge is 0.346 e. The largest absolute Gasteiger partial charge is 0.402 e. The van der Waals surface area contributed by atoms with Gasteiger partial charge >= 0.3 is 5.97 Å². The summed E-state index contributed by atoms with van der Waals surface area (Å²) in [4.78, 5) is 22.2. The van der Waals surface area contributed by atoms with Gasteiger partial charge in [-0.15, -0.1) is 10.2 Å². The number of nitro benzene ring substituents is 1. The van der Waals surface area contributed by atoms with Crippen molar-refractivity contribution in [2.45, 2.75) is 0 Å². The Bertz CT molecular complexity index is 930. The molecule has 0 saturated carbocycles. The molecule has 8 heteroatoms. The Morgan fingerprint density at radius 3 is 2.40 bits per heavy atom. The predicted octanol–water partition coefficient (Wildman–Crippen LogP) is 3.92. The molecule has 0 radical (unpaired) electrons. The Hall–Kier alpha value is -3.32. The van der Waals surface area contributed by atoms with Crippen LogP contribution in [0, 0.1) is 10.1 Å². The van der Waals surface area contributed by atoms with Crippen LogP contribution in [-0.4, -0.2) is 21.1 Å². The molecule has 2 aromatic carbocycles. The van der Waals surface area contributed by atoms with E-state index in [1.54, 1.807) is 6.07 Å². The van der Waals surface area contributed by atoms with Crippen molar-refractivity contribution < 1.29 is 14.5 Å². The van der Waals surface area contributed by atoms with Crippen LogP contribution in [0.4, 0.5) is 5.69 Å². The third kappa shape index (κ3) is 3.78. The van der Waals surface area contributed by atoms with E-state index in [0.29, 0.717) is 5.69 Å². The molecule has 3 rings (SSSR count). The van der Waals surface area contributed by atoms with Crippen molar-refractivity contribution in [1.29, 1.82) is 0 Å². The molecular weight excluding hydrogens is 346 g/mol. The van der Waals surface area contributed by atoms with Crippen molar-refractivity contribution in [3.05, 3.63) is 81.4 Å². The number of nitrogens with zero attached hydrogens (tertiary/aromatic N) is 3. The van der Waals surface area contributed by atoms with Crippen LogP contribution < -0.4 is 4.74 Å². The number of halogens is 1. The van der Waals surface area contributed by atoms with Gasteiger partial charge in [-0.05, 0) is 12.1 Å². The summed E-state index contributed by atoms with van der Waals surface area (Å²) in [6, 6.07) is 16.1. The van der Waals surface area contributed by atoms with Crippen LogP contribution in [0.25, 0.3) is 11.3 Å². The number of nitro groups is 1. The van der Waals surface area contributed by atoms with E-state index in [-0.39, 0.29) is 22.2 Å². The fourth-order valence-electron chi connectivity index (χ4n) is 2.07. The summed E-state index contributed by atoms with van der Waals surface area (Å²) >= 11 is 5.90. The molecule has 25 heavy (non-hydrogen) atoms. The zero-order valence-corrected chi connectivity index (χ0v) is 13.4. The van der Waals surface area contributed by atoms with E-state index in [1.807, 2.05) is 30.3 Å². The molecule has 0 aliphatic rings. The zero-order valence-electron chi connectivity index (χ0n) is 12.6. The van der Waals surface area contributed by atoms with Gasteiger partial charge in [0.15, 0.2) is 0 Å². The third-order valence-corrected chi connectivity index (χ3v) is 3.60. The minimum atomic E-state index is -0.776. The quantitative estimate of drug-likeness (QED) is 0.400. The number of non-ortho nitro benzene ring substituents is 1. The van der Waals surface area contributed by atoms with Crippen LogP contribution in [0.2, 0.25) is 5.02 Å². The topological polar surface area (TPSA) is 95.2 Å². The van der Waals surface area contributed by atoms with Gasteiger partial charge in [0.1, 0.15) is 0 Å². The summed E-state index contributed by atoms with van der Waals surface area (Å²) in [6.07, 6.45) is 0. The fraction of sp³-hybridized carbons (Fsp3) is 0. The fourth-order valence-corrected chi connectivity index (χ4v) is 2.32. The van der Waals surface area contributed by atoms with Gasteiger partial charge in [0.25, 0.3) is 5.69 Å². The lowest BCUT2D eigenvalue weighted by Gasteiger charge is -2.05. The first kappa shape index (κ1) is 16.5. The Morgan fingerprint density at radius 2 is 1.80 bits per heavy atom. The molecule has 124 valence electrons. The average Bonchev–Trinajstić information content (AvgIpc) is 2.62. The molecule has 1 aromatic heterocycles. The van der Waals surface area contributed by atoms with Crippen molar-refractivity contribution in [3.8, 4) is 17.1 Å². The molecular formula is C17H10ClN3O4. The highest BCUT2D eigenvalue weighted by atomic mass is 35.5. The van der Waals surface area contributed by atoms with Gasteiger partial charge in [0.05, 0.1) is 21.2 Å². The van der Waals surface area contributed by atoms with Gasteiger partial charge < -0.3 is 4.74 Å². The molecule has 0 saturated heterocycles. The second-order valence-electron chi connectivity index (χ2n) is 4.93. The molecule has 0 bridgehead atoms. The highest BCUT2D eigenvalue weighted by molar-refractivity contribution is 6.33. The second kappa shape index (κ2) is 7.06. The van der Waals surface area contributed by atoms with Crippen LogP contribution in [-0.2, 0) is 0 Å². The van der Waals surface area contributed by atoms with Crippen molar-refractivity contribution in [3.63, 3.8) is 0 Å². The van der Waals surface area contributed by atoms with Gasteiger partial charge in [-0.1, -0.05) is 41.9 Å². The van der Waals surface area contributed by atoms with Crippen LogP contribution in [0.3, 0.4) is 0 Å². The third-order valence-electron chi connectivity index (χ3n) is 3.29. The second-order valence-corrected chi connectivity index (χ2v) is 5.34. The predicted molar refractivity (Wildman–Crippen MR) is 90.5 cm³/mol. The molecule has 3 aromatic rings. The van der Waals surface area contributed by atoms with E-state index in [2.05, 4.69) is 10.2 Å². The molecule has 1 heterocycles. The minimum Gasteiger partial charge on any atom is -0.402 e. The van der Waals surface area contributed by atoms with Crippen molar-refractivity contribution >= 4 is 23.3 Å². The lowest BCUT2D eigenvalue weighted by atomic mass is 10.1. The number of hydrogen-bond donors (Lipinski definition) is 0. The lowest BCUT2D eigenvalue weighted by Crippen LogP contribution is -2.10. The molecule has 0 unspecified atom stereocenters. The molecule has 0 aliphatic heterocycles. The average molecular weight is 356 g/mol. The standard InChI is InChI=1S/C17H10ClN3O4/c18-14-10-12(21(23)24)6-7-13(14)17(22)25-16-9-8-15(19-20-16)11-4-2-1-3-5-11/h1-10H. The van der Waals surface area contributed by atoms with Gasteiger partial charge in [-0.25, -0.2) is 4.79 Å². The maximum absolute atomic E-state index is 12.1. The Morgan fingerprint density at radius 1 is 1.04 bits per heavy atom. The van der Waals surface area contributed by atoms with E-state index in [0.717, 1.165) is 11.6 Å². The Balaban J connectivity index is 1.76. The van der Waals surface area contributed by atoms with Gasteiger partial charge in [-0.3, -0.25) is 10.1 Å². The van der Waals surface area contributed by atoms with Gasteiger partial charge in [0.2, 0.25) is 5.88 Å². The van der Waals surface area contributed by atoms with Crippen LogP contribution in [0.5, 0.6) is 5.88 Å². The molecule has 0 atom stereocenters. The maximum atomic E-state index is 12.1. The summed E-state index contributed by atoms with van der Waals surface area (Å²) in [6.45, 7) is 0. The summed E-state index contributed by atoms with van der Waals surface area (Å²) in [5.41, 5.74) is 1.30. The highest BCUT2D eigenvalue weighted by Crippen LogP contribution is 2.24. The van der Waals surface area contributed by atoms with Gasteiger partial charge in [-0.2, -0.15) is 0 Å². The van der Waals surface area contributed by atoms with E-state index in [1.165, 1.54) is 18.2 Å². The molecule has 0 N–H and O–H groups in total. The molecule has 7 nitrogen and oxygen atoms in total. The van der Waals surface area contributed by atoms with Gasteiger partial charge in [0, 0.05) is 23.8 Å². The maximum Gasteiger partial charge on any atom is 0.346 e. The summed E-state index contributed by atoms with van der Waals surface area (Å²) < 4.78 is 5.11. The van der Waals surface area contributed by atoms with Crippen LogP contribution in [0.1, 0.15) is 10.4 Å². The Kier molecular flexibility index (Phi) is 4.67. The van der Waals surface area contributed by atoms with Crippen LogP contribution >= 0.6 is 11.6 Å². The minimum absolute atomic E-state index is 0.000833. The van der Waals surface area contributed by atoms with E-state index in [4.69, 9.17) is 16.3 Å². The molecule has 0 aliphatic carbocycles. The van der Waals surface area contributed by atoms with E-state index in [9.17, 15) is 14.9 Å². The van der Waals surface area contributed by atoms with E-state index < -0.39 is 10.9 Å². The zero-order chi connectivity index (χ0) is 17.8. The Labute approximate surface area is 147 Å². The van der Waals surface area contributed by atoms with Crippen molar-refractivity contribution in [2.75, 3.05) is 0 Å². The molecule has 0 spiro atoms. The first-order chi connectivity index (χ1) is 12.0. The number of ether oxygens (including phenoxy) is 1. The lowest BCUT2D eigenvalue weighted by molar-refractivity contribution is -0.384. The number of carbonyl (C=O) groups excluding carboxylic acids is 1. The molecule has 0 amide bonds. The van der Waals surface area contributed by atoms with Crippen LogP contribution in [0.15, 0.2) is 60.7 Å². The van der Waals surface area contributed by atoms with E-state index >= 15 is 0 Å². The SMILES string of the molecule is O=C(Oc1ccc(-c2ccccc2)nn1)c1ccc([N+](=O)[O-])cc1Cl. The summed E-state index contributed by atoms with van der Waals surface area (Å²) in [5, 5.41) is 18.5. The van der Waals surface area contributed by atoms with Crippen molar-refractivity contribution in [1.82, 2.24) is 10.2 Å². The number of aromatic nitrogens is 2. The number of hydrogen-bond acceptors (Lipinski definition) is 6. The summed E-state index contributed by atoms with van der Waals surface area (Å²) in [5.74, 6) is -0.777. The number of rotatable bonds is 4. The molecule has 0 fully saturated rings. The highest BCUT2D eigenvalue weighted by Gasteiger charge is 2.17. The normalized spacial score (nSPS) is 10.3. The number of benzene rings is 2. The number of carbonyl (C=O) groups is 1. The first-order valence-corrected chi connectivity index (χ1v) is 7.47. The number of esters is 1.